The summed E-state index contributed by atoms with van der Waals surface area (Å²) < 4.78 is 26.3. The van der Waals surface area contributed by atoms with Crippen LogP contribution in [-0.2, 0) is 9.59 Å². The number of rotatable bonds is 8. The maximum Gasteiger partial charge on any atom is 0.314 e. The smallest absolute Gasteiger partial charge is 0.314 e. The maximum absolute atomic E-state index is 14.9. The van der Waals surface area contributed by atoms with Gasteiger partial charge in [0, 0.05) is 0 Å². The first kappa shape index (κ1) is 34.0. The second-order valence-electron chi connectivity index (χ2n) is 13.9. The highest BCUT2D eigenvalue weighted by Crippen LogP contribution is 2.39. The van der Waals surface area contributed by atoms with E-state index < -0.39 is 0 Å². The van der Waals surface area contributed by atoms with E-state index in [-0.39, 0.29) is 41.1 Å². The Labute approximate surface area is 297 Å². The lowest BCUT2D eigenvalue weighted by Crippen LogP contribution is -2.25. The van der Waals surface area contributed by atoms with Crippen LogP contribution in [0.25, 0.3) is 22.3 Å². The molecule has 0 unspecified atom stereocenters. The Hall–Kier alpha value is -5.43. The fourth-order valence-corrected chi connectivity index (χ4v) is 7.57. The fraction of sp³-hybridized carbons (Fsp3) is 0.273. The highest BCUT2D eigenvalue weighted by Gasteiger charge is 2.30. The molecule has 0 radical (unpaired) electrons. The summed E-state index contributed by atoms with van der Waals surface area (Å²) in [5.74, 6) is 1.02. The highest BCUT2D eigenvalue weighted by atomic mass is 19.1. The molecule has 0 aliphatic heterocycles. The molecule has 51 heavy (non-hydrogen) atoms. The normalized spacial score (nSPS) is 20.3. The molecule has 0 atom stereocenters. The lowest BCUT2D eigenvalue weighted by Gasteiger charge is -2.27. The van der Waals surface area contributed by atoms with Crippen LogP contribution in [0, 0.1) is 17.7 Å². The van der Waals surface area contributed by atoms with Crippen molar-refractivity contribution in [2.45, 2.75) is 63.2 Å². The van der Waals surface area contributed by atoms with Gasteiger partial charge in [-0.3, -0.25) is 9.59 Å². The summed E-state index contributed by atoms with van der Waals surface area (Å²) in [6.07, 6.45) is 6.58. The van der Waals surface area contributed by atoms with E-state index in [2.05, 4.69) is 0 Å². The molecule has 7 rings (SSSR count). The molecule has 2 saturated carbocycles. The molecule has 0 saturated heterocycles. The molecule has 0 aromatic heterocycles. The SMILES string of the molecule is O=C(Oc1ccc(-c2cc(F)cc(-c3ccc(OC(=O)C4CCC(c5ccc(O)cc5)CC4)cc3)c2)cc1)C1CCC(c2ccc(O)cc2)CC1. The summed E-state index contributed by atoms with van der Waals surface area (Å²) in [5, 5.41) is 19.1. The number of aromatic hydroxyl groups is 2. The van der Waals surface area contributed by atoms with Crippen LogP contribution >= 0.6 is 0 Å². The Morgan fingerprint density at radius 2 is 0.824 bits per heavy atom. The fourth-order valence-electron chi connectivity index (χ4n) is 7.57. The molecule has 2 N–H and O–H groups in total. The van der Waals surface area contributed by atoms with Crippen LogP contribution in [0.5, 0.6) is 23.0 Å². The summed E-state index contributed by atoms with van der Waals surface area (Å²) in [7, 11) is 0. The lowest BCUT2D eigenvalue weighted by atomic mass is 9.79. The standard InChI is InChI=1S/C44H41FO6/c45-38-26-36(32-13-21-41(22-14-32)50-43(48)34-5-1-28(2-6-34)30-9-17-39(46)18-10-30)25-37(27-38)33-15-23-42(24-16-33)51-44(49)35-7-3-29(4-8-35)31-11-19-40(47)20-12-31/h9-29,34-35,46-47H,1-8H2. The van der Waals surface area contributed by atoms with E-state index in [1.54, 1.807) is 48.5 Å². The largest absolute Gasteiger partial charge is 0.508 e. The Kier molecular flexibility index (Phi) is 10.2. The number of phenolic OH excluding ortho intramolecular Hbond substituents is 2. The molecule has 0 spiro atoms. The minimum absolute atomic E-state index is 0.156. The number of hydrogen-bond donors (Lipinski definition) is 2. The zero-order chi connectivity index (χ0) is 35.3. The zero-order valence-corrected chi connectivity index (χ0v) is 28.3. The Bertz CT molecular complexity index is 1810. The summed E-state index contributed by atoms with van der Waals surface area (Å²) in [5.41, 5.74) is 5.32. The Balaban J connectivity index is 0.925. The van der Waals surface area contributed by atoms with Gasteiger partial charge in [0.2, 0.25) is 0 Å². The Morgan fingerprint density at radius 3 is 1.18 bits per heavy atom. The number of esters is 2. The van der Waals surface area contributed by atoms with Crippen LogP contribution in [0.15, 0.2) is 115 Å². The second-order valence-corrected chi connectivity index (χ2v) is 13.9. The van der Waals surface area contributed by atoms with Crippen LogP contribution in [0.3, 0.4) is 0 Å². The average Bonchev–Trinajstić information content (AvgIpc) is 3.16. The van der Waals surface area contributed by atoms with Crippen molar-refractivity contribution in [3.05, 3.63) is 132 Å². The van der Waals surface area contributed by atoms with Gasteiger partial charge in [-0.25, -0.2) is 4.39 Å². The molecule has 6 nitrogen and oxygen atoms in total. The monoisotopic (exact) mass is 684 g/mol. The van der Waals surface area contributed by atoms with Crippen LogP contribution in [-0.4, -0.2) is 22.2 Å². The van der Waals surface area contributed by atoms with Crippen molar-refractivity contribution in [1.29, 1.82) is 0 Å². The molecule has 0 bridgehead atoms. The first-order chi connectivity index (χ1) is 24.8. The van der Waals surface area contributed by atoms with Gasteiger partial charge in [0.15, 0.2) is 0 Å². The van der Waals surface area contributed by atoms with Crippen LogP contribution in [0.1, 0.15) is 74.3 Å². The quantitative estimate of drug-likeness (QED) is 0.125. The highest BCUT2D eigenvalue weighted by molar-refractivity contribution is 5.78. The average molecular weight is 685 g/mol. The van der Waals surface area contributed by atoms with Gasteiger partial charge < -0.3 is 19.7 Å². The number of phenols is 2. The number of hydrogen-bond acceptors (Lipinski definition) is 6. The lowest BCUT2D eigenvalue weighted by molar-refractivity contribution is -0.141. The third kappa shape index (κ3) is 8.31. The van der Waals surface area contributed by atoms with Gasteiger partial charge >= 0.3 is 11.9 Å². The number of benzene rings is 5. The third-order valence-corrected chi connectivity index (χ3v) is 10.6. The van der Waals surface area contributed by atoms with Crippen LogP contribution in [0.2, 0.25) is 0 Å². The number of ether oxygens (including phenoxy) is 2. The molecular formula is C44H41FO6. The number of carbonyl (C=O) groups excluding carboxylic acids is 2. The van der Waals surface area contributed by atoms with Crippen molar-refractivity contribution in [2.75, 3.05) is 0 Å². The van der Waals surface area contributed by atoms with Gasteiger partial charge in [0.25, 0.3) is 0 Å². The molecule has 2 aliphatic rings. The minimum atomic E-state index is -0.376. The maximum atomic E-state index is 14.9. The van der Waals surface area contributed by atoms with Crippen LogP contribution < -0.4 is 9.47 Å². The van der Waals surface area contributed by atoms with Gasteiger partial charge in [-0.1, -0.05) is 48.5 Å². The number of halogens is 1. The Morgan fingerprint density at radius 1 is 0.471 bits per heavy atom. The van der Waals surface area contributed by atoms with Gasteiger partial charge in [0.1, 0.15) is 28.8 Å². The third-order valence-electron chi connectivity index (χ3n) is 10.6. The molecular weight excluding hydrogens is 643 g/mol. The van der Waals surface area contributed by atoms with E-state index in [0.717, 1.165) is 62.5 Å². The summed E-state index contributed by atoms with van der Waals surface area (Å²) in [4.78, 5) is 25.9. The van der Waals surface area contributed by atoms with Crippen molar-refractivity contribution >= 4 is 11.9 Å². The molecule has 0 heterocycles. The molecule has 260 valence electrons. The first-order valence-corrected chi connectivity index (χ1v) is 17.8. The summed E-state index contributed by atoms with van der Waals surface area (Å²) in [6.45, 7) is 0. The van der Waals surface area contributed by atoms with Crippen molar-refractivity contribution in [2.24, 2.45) is 11.8 Å². The van der Waals surface area contributed by atoms with E-state index >= 15 is 0 Å². The second kappa shape index (κ2) is 15.2. The van der Waals surface area contributed by atoms with E-state index in [4.69, 9.17) is 9.47 Å². The first-order valence-electron chi connectivity index (χ1n) is 17.8. The molecule has 5 aromatic carbocycles. The molecule has 2 fully saturated rings. The van der Waals surface area contributed by atoms with E-state index in [1.165, 1.54) is 23.3 Å². The van der Waals surface area contributed by atoms with E-state index in [0.29, 0.717) is 34.5 Å². The van der Waals surface area contributed by atoms with Crippen molar-refractivity contribution in [1.82, 2.24) is 0 Å². The number of carbonyl (C=O) groups is 2. The van der Waals surface area contributed by atoms with Crippen molar-refractivity contribution < 1.29 is 33.7 Å². The molecule has 5 aromatic rings. The predicted octanol–water partition coefficient (Wildman–Crippen LogP) is 10.3. The van der Waals surface area contributed by atoms with Crippen molar-refractivity contribution in [3.8, 4) is 45.3 Å². The summed E-state index contributed by atoms with van der Waals surface area (Å²) >= 11 is 0. The minimum Gasteiger partial charge on any atom is -0.508 e. The zero-order valence-electron chi connectivity index (χ0n) is 28.3. The van der Waals surface area contributed by atoms with Crippen molar-refractivity contribution in [3.63, 3.8) is 0 Å². The van der Waals surface area contributed by atoms with Gasteiger partial charge in [-0.15, -0.1) is 0 Å². The van der Waals surface area contributed by atoms with E-state index in [1.807, 2.05) is 54.6 Å². The molecule has 0 amide bonds. The van der Waals surface area contributed by atoms with Gasteiger partial charge in [-0.2, -0.15) is 0 Å². The molecule has 2 aliphatic carbocycles. The summed E-state index contributed by atoms with van der Waals surface area (Å²) in [6, 6.07) is 33.7. The van der Waals surface area contributed by atoms with Crippen LogP contribution in [0.4, 0.5) is 4.39 Å². The molecule has 7 heteroatoms. The van der Waals surface area contributed by atoms with E-state index in [9.17, 15) is 24.2 Å². The van der Waals surface area contributed by atoms with Gasteiger partial charge in [-0.05, 0) is 163 Å². The van der Waals surface area contributed by atoms with Gasteiger partial charge in [0.05, 0.1) is 11.8 Å². The topological polar surface area (TPSA) is 93.1 Å². The predicted molar refractivity (Wildman–Crippen MR) is 194 cm³/mol.